The number of methoxy groups -OCH3 is 1. The summed E-state index contributed by atoms with van der Waals surface area (Å²) in [4.78, 5) is 0. The van der Waals surface area contributed by atoms with Crippen LogP contribution in [0.5, 0.6) is 5.75 Å². The van der Waals surface area contributed by atoms with Crippen molar-refractivity contribution in [2.45, 2.75) is 18.8 Å². The first kappa shape index (κ1) is 14.7. The zero-order valence-corrected chi connectivity index (χ0v) is 13.1. The van der Waals surface area contributed by atoms with Gasteiger partial charge < -0.3 is 10.1 Å². The molecular weight excluding hydrogens is 270 g/mol. The minimum Gasteiger partial charge on any atom is -0.497 e. The van der Waals surface area contributed by atoms with Crippen molar-refractivity contribution < 1.29 is 4.74 Å². The average molecular weight is 291 g/mol. The van der Waals surface area contributed by atoms with E-state index in [9.17, 15) is 0 Å². The Morgan fingerprint density at radius 3 is 2.64 bits per heavy atom. The molecule has 112 valence electrons. The molecule has 1 atom stereocenters. The number of nitrogens with one attached hydrogen (secondary N) is 1. The van der Waals surface area contributed by atoms with Crippen molar-refractivity contribution in [3.63, 3.8) is 0 Å². The third kappa shape index (κ3) is 2.86. The van der Waals surface area contributed by atoms with E-state index in [1.807, 2.05) is 13.1 Å². The smallest absolute Gasteiger partial charge is 0.119 e. The van der Waals surface area contributed by atoms with Gasteiger partial charge in [-0.3, -0.25) is 0 Å². The van der Waals surface area contributed by atoms with Crippen LogP contribution in [-0.4, -0.2) is 20.7 Å². The van der Waals surface area contributed by atoms with Crippen LogP contribution in [0, 0.1) is 11.8 Å². The van der Waals surface area contributed by atoms with Gasteiger partial charge in [0.1, 0.15) is 5.75 Å². The van der Waals surface area contributed by atoms with E-state index in [-0.39, 0.29) is 5.92 Å². The van der Waals surface area contributed by atoms with Gasteiger partial charge in [-0.15, -0.1) is 0 Å². The topological polar surface area (TPSA) is 21.3 Å². The van der Waals surface area contributed by atoms with E-state index < -0.39 is 0 Å². The molecule has 2 nitrogen and oxygen atoms in total. The maximum absolute atomic E-state index is 5.42. The second-order valence-corrected chi connectivity index (χ2v) is 5.55. The van der Waals surface area contributed by atoms with Crippen molar-refractivity contribution in [3.8, 4) is 17.6 Å². The zero-order chi connectivity index (χ0) is 15.4. The summed E-state index contributed by atoms with van der Waals surface area (Å²) in [5.41, 5.74) is 5.40. The monoisotopic (exact) mass is 291 g/mol. The van der Waals surface area contributed by atoms with Gasteiger partial charge in [0.15, 0.2) is 0 Å². The van der Waals surface area contributed by atoms with Gasteiger partial charge in [-0.05, 0) is 54.3 Å². The van der Waals surface area contributed by atoms with Gasteiger partial charge in [0.05, 0.1) is 19.6 Å². The van der Waals surface area contributed by atoms with E-state index in [1.165, 1.54) is 22.3 Å². The fourth-order valence-electron chi connectivity index (χ4n) is 3.07. The predicted molar refractivity (Wildman–Crippen MR) is 90.4 cm³/mol. The lowest BCUT2D eigenvalue weighted by Crippen LogP contribution is -2.06. The minimum absolute atomic E-state index is 0.122. The van der Waals surface area contributed by atoms with E-state index in [2.05, 4.69) is 53.6 Å². The summed E-state index contributed by atoms with van der Waals surface area (Å²) < 4.78 is 5.42. The average Bonchev–Trinajstić information content (AvgIpc) is 2.72. The minimum atomic E-state index is 0.122. The largest absolute Gasteiger partial charge is 0.497 e. The Labute approximate surface area is 132 Å². The van der Waals surface area contributed by atoms with Gasteiger partial charge in [-0.25, -0.2) is 0 Å². The molecule has 0 aromatic heterocycles. The molecule has 0 spiro atoms. The molecule has 0 amide bonds. The van der Waals surface area contributed by atoms with E-state index in [4.69, 9.17) is 4.74 Å². The van der Waals surface area contributed by atoms with Crippen molar-refractivity contribution >= 4 is 0 Å². The fourth-order valence-corrected chi connectivity index (χ4v) is 3.07. The molecule has 2 heteroatoms. The molecule has 1 N–H and O–H groups in total. The van der Waals surface area contributed by atoms with Crippen molar-refractivity contribution in [3.05, 3.63) is 64.7 Å². The molecule has 1 aliphatic carbocycles. The molecular formula is C20H21NO. The van der Waals surface area contributed by atoms with E-state index in [1.54, 1.807) is 7.11 Å². The van der Waals surface area contributed by atoms with Crippen LogP contribution in [0.25, 0.3) is 0 Å². The van der Waals surface area contributed by atoms with Gasteiger partial charge in [-0.1, -0.05) is 42.2 Å². The van der Waals surface area contributed by atoms with Crippen LogP contribution in [0.3, 0.4) is 0 Å². The number of benzene rings is 2. The van der Waals surface area contributed by atoms with Gasteiger partial charge >= 0.3 is 0 Å². The first-order chi connectivity index (χ1) is 10.8. The Bertz CT molecular complexity index is 724. The lowest BCUT2D eigenvalue weighted by molar-refractivity contribution is 0.414. The SMILES string of the molecule is CNCC#CC1c2ccccc2CCc2ccc(OC)cc21. The highest BCUT2D eigenvalue weighted by Crippen LogP contribution is 2.35. The predicted octanol–water partition coefficient (Wildman–Crippen LogP) is 3.15. The molecule has 0 heterocycles. The standard InChI is InChI=1S/C20H21NO/c1-21-13-5-8-19-18-7-4-3-6-15(18)9-10-16-11-12-17(22-2)14-20(16)19/h3-4,6-7,11-12,14,19,21H,9-10,13H2,1-2H3. The van der Waals surface area contributed by atoms with E-state index in [0.717, 1.165) is 18.6 Å². The Morgan fingerprint density at radius 1 is 1.09 bits per heavy atom. The fraction of sp³-hybridized carbons (Fsp3) is 0.300. The van der Waals surface area contributed by atoms with Crippen molar-refractivity contribution in [2.75, 3.05) is 20.7 Å². The number of hydrogen-bond acceptors (Lipinski definition) is 2. The molecule has 0 radical (unpaired) electrons. The highest BCUT2D eigenvalue weighted by atomic mass is 16.5. The number of hydrogen-bond donors (Lipinski definition) is 1. The highest BCUT2D eigenvalue weighted by molar-refractivity contribution is 5.52. The molecule has 2 aromatic carbocycles. The molecule has 3 rings (SSSR count). The number of aryl methyl sites for hydroxylation is 2. The van der Waals surface area contributed by atoms with Crippen molar-refractivity contribution in [2.24, 2.45) is 0 Å². The lowest BCUT2D eigenvalue weighted by Gasteiger charge is -2.16. The maximum atomic E-state index is 5.42. The first-order valence-corrected chi connectivity index (χ1v) is 7.71. The number of rotatable bonds is 2. The van der Waals surface area contributed by atoms with Crippen LogP contribution in [-0.2, 0) is 12.8 Å². The highest BCUT2D eigenvalue weighted by Gasteiger charge is 2.22. The normalized spacial score (nSPS) is 15.8. The van der Waals surface area contributed by atoms with E-state index in [0.29, 0.717) is 6.54 Å². The third-order valence-electron chi connectivity index (χ3n) is 4.21. The van der Waals surface area contributed by atoms with Gasteiger partial charge in [-0.2, -0.15) is 0 Å². The van der Waals surface area contributed by atoms with Crippen LogP contribution < -0.4 is 10.1 Å². The quantitative estimate of drug-likeness (QED) is 0.858. The van der Waals surface area contributed by atoms with Crippen LogP contribution in [0.15, 0.2) is 42.5 Å². The molecule has 1 aliphatic rings. The Balaban J connectivity index is 2.14. The van der Waals surface area contributed by atoms with Crippen molar-refractivity contribution in [1.82, 2.24) is 5.32 Å². The third-order valence-corrected chi connectivity index (χ3v) is 4.21. The summed E-state index contributed by atoms with van der Waals surface area (Å²) in [6.45, 7) is 0.706. The second-order valence-electron chi connectivity index (χ2n) is 5.55. The molecule has 0 bridgehead atoms. The molecule has 0 aliphatic heterocycles. The second kappa shape index (κ2) is 6.68. The Kier molecular flexibility index (Phi) is 4.46. The van der Waals surface area contributed by atoms with Crippen LogP contribution in [0.1, 0.15) is 28.2 Å². The van der Waals surface area contributed by atoms with E-state index >= 15 is 0 Å². The summed E-state index contributed by atoms with van der Waals surface area (Å²) in [6.07, 6.45) is 2.13. The first-order valence-electron chi connectivity index (χ1n) is 7.71. The number of fused-ring (bicyclic) bond motifs is 2. The lowest BCUT2D eigenvalue weighted by atomic mass is 9.88. The van der Waals surface area contributed by atoms with Crippen LogP contribution >= 0.6 is 0 Å². The summed E-state index contributed by atoms with van der Waals surface area (Å²) in [6, 6.07) is 15.0. The molecule has 1 unspecified atom stereocenters. The molecule has 0 fully saturated rings. The van der Waals surface area contributed by atoms with Gasteiger partial charge in [0.2, 0.25) is 0 Å². The summed E-state index contributed by atoms with van der Waals surface area (Å²) >= 11 is 0. The summed E-state index contributed by atoms with van der Waals surface area (Å²) in [5, 5.41) is 3.10. The Hall–Kier alpha value is -2.24. The maximum Gasteiger partial charge on any atom is 0.119 e. The van der Waals surface area contributed by atoms with Gasteiger partial charge in [0.25, 0.3) is 0 Å². The molecule has 0 saturated carbocycles. The van der Waals surface area contributed by atoms with Gasteiger partial charge in [0, 0.05) is 0 Å². The van der Waals surface area contributed by atoms with Crippen LogP contribution in [0.4, 0.5) is 0 Å². The van der Waals surface area contributed by atoms with Crippen molar-refractivity contribution in [1.29, 1.82) is 0 Å². The molecule has 22 heavy (non-hydrogen) atoms. The zero-order valence-electron chi connectivity index (χ0n) is 13.1. The Morgan fingerprint density at radius 2 is 1.86 bits per heavy atom. The summed E-state index contributed by atoms with van der Waals surface area (Å²) in [7, 11) is 3.64. The van der Waals surface area contributed by atoms with Crippen LogP contribution in [0.2, 0.25) is 0 Å². The molecule has 0 saturated heterocycles. The number of ether oxygens (including phenoxy) is 1. The summed E-state index contributed by atoms with van der Waals surface area (Å²) in [5.74, 6) is 7.73. The molecule has 2 aromatic rings.